The molecule has 0 aliphatic carbocycles. The maximum absolute atomic E-state index is 13.8. The molecule has 1 unspecified atom stereocenters. The van der Waals surface area contributed by atoms with Gasteiger partial charge in [-0.2, -0.15) is 0 Å². The third-order valence-electron chi connectivity index (χ3n) is 3.31. The Hall–Kier alpha value is -1.42. The Bertz CT molecular complexity index is 416. The van der Waals surface area contributed by atoms with Gasteiger partial charge in [-0.15, -0.1) is 0 Å². The first kappa shape index (κ1) is 13.0. The molecule has 1 aliphatic heterocycles. The summed E-state index contributed by atoms with van der Waals surface area (Å²) in [7, 11) is 1.87. The normalized spacial score (nSPS) is 19.6. The van der Waals surface area contributed by atoms with E-state index in [-0.39, 0.29) is 5.82 Å². The van der Waals surface area contributed by atoms with Crippen LogP contribution in [0.5, 0.6) is 0 Å². The molecule has 1 aromatic carbocycles. The number of anilines is 1. The molecule has 98 valence electrons. The first-order valence-corrected chi connectivity index (χ1v) is 6.24. The SMILES string of the molecule is CN(CC1CCCOC1)c1ccc(C=O)cc1F. The average molecular weight is 251 g/mol. The molecule has 4 heteroatoms. The number of rotatable bonds is 4. The number of aldehydes is 1. The molecule has 1 fully saturated rings. The number of carbonyl (C=O) groups excluding carboxylic acids is 1. The molecule has 3 nitrogen and oxygen atoms in total. The minimum atomic E-state index is -0.348. The summed E-state index contributed by atoms with van der Waals surface area (Å²) in [6, 6.07) is 4.57. The van der Waals surface area contributed by atoms with Crippen LogP contribution in [0.3, 0.4) is 0 Å². The van der Waals surface area contributed by atoms with E-state index < -0.39 is 0 Å². The monoisotopic (exact) mass is 251 g/mol. The number of halogens is 1. The lowest BCUT2D eigenvalue weighted by molar-refractivity contribution is 0.0576. The molecule has 0 N–H and O–H groups in total. The zero-order valence-electron chi connectivity index (χ0n) is 10.6. The molecular weight excluding hydrogens is 233 g/mol. The first-order chi connectivity index (χ1) is 8.70. The largest absolute Gasteiger partial charge is 0.381 e. The van der Waals surface area contributed by atoms with Crippen LogP contribution in [-0.4, -0.2) is 33.1 Å². The maximum Gasteiger partial charge on any atom is 0.150 e. The molecule has 0 spiro atoms. The molecule has 0 radical (unpaired) electrons. The predicted molar refractivity (Wildman–Crippen MR) is 68.6 cm³/mol. The standard InChI is InChI=1S/C14H18FNO2/c1-16(8-12-3-2-6-18-10-12)14-5-4-11(9-17)7-13(14)15/h4-5,7,9,12H,2-3,6,8,10H2,1H3. The first-order valence-electron chi connectivity index (χ1n) is 6.24. The lowest BCUT2D eigenvalue weighted by atomic mass is 10.0. The molecular formula is C14H18FNO2. The van der Waals surface area contributed by atoms with Crippen molar-refractivity contribution in [1.29, 1.82) is 0 Å². The smallest absolute Gasteiger partial charge is 0.150 e. The number of ether oxygens (including phenoxy) is 1. The van der Waals surface area contributed by atoms with E-state index in [1.165, 1.54) is 6.07 Å². The summed E-state index contributed by atoms with van der Waals surface area (Å²) in [4.78, 5) is 12.5. The number of nitrogens with zero attached hydrogens (tertiary/aromatic N) is 1. The molecule has 0 bridgehead atoms. The van der Waals surface area contributed by atoms with Gasteiger partial charge >= 0.3 is 0 Å². The van der Waals surface area contributed by atoms with Crippen molar-refractivity contribution in [3.63, 3.8) is 0 Å². The van der Waals surface area contributed by atoms with E-state index in [2.05, 4.69) is 0 Å². The Morgan fingerprint density at radius 1 is 1.56 bits per heavy atom. The number of benzene rings is 1. The predicted octanol–water partition coefficient (Wildman–Crippen LogP) is 2.50. The van der Waals surface area contributed by atoms with Gasteiger partial charge in [0, 0.05) is 25.8 Å². The van der Waals surface area contributed by atoms with E-state index >= 15 is 0 Å². The lowest BCUT2D eigenvalue weighted by Crippen LogP contribution is -2.31. The van der Waals surface area contributed by atoms with Crippen molar-refractivity contribution in [3.8, 4) is 0 Å². The Kier molecular flexibility index (Phi) is 4.31. The zero-order valence-corrected chi connectivity index (χ0v) is 10.6. The summed E-state index contributed by atoms with van der Waals surface area (Å²) in [5, 5.41) is 0. The van der Waals surface area contributed by atoms with Crippen LogP contribution < -0.4 is 4.90 Å². The third-order valence-corrected chi connectivity index (χ3v) is 3.31. The molecule has 1 aromatic rings. The second-order valence-electron chi connectivity index (χ2n) is 4.79. The zero-order chi connectivity index (χ0) is 13.0. The fourth-order valence-corrected chi connectivity index (χ4v) is 2.34. The van der Waals surface area contributed by atoms with Crippen molar-refractivity contribution in [1.82, 2.24) is 0 Å². The van der Waals surface area contributed by atoms with Crippen LogP contribution in [0.4, 0.5) is 10.1 Å². The molecule has 0 aromatic heterocycles. The van der Waals surface area contributed by atoms with Crippen LogP contribution in [0.1, 0.15) is 23.2 Å². The molecule has 18 heavy (non-hydrogen) atoms. The van der Waals surface area contributed by atoms with Crippen LogP contribution >= 0.6 is 0 Å². The van der Waals surface area contributed by atoms with Crippen molar-refractivity contribution in [3.05, 3.63) is 29.6 Å². The van der Waals surface area contributed by atoms with E-state index in [0.29, 0.717) is 23.5 Å². The molecule has 1 saturated heterocycles. The summed E-state index contributed by atoms with van der Waals surface area (Å²) in [5.41, 5.74) is 0.900. The maximum atomic E-state index is 13.8. The van der Waals surface area contributed by atoms with Gasteiger partial charge in [0.25, 0.3) is 0 Å². The van der Waals surface area contributed by atoms with Gasteiger partial charge in [0.1, 0.15) is 12.1 Å². The van der Waals surface area contributed by atoms with Crippen LogP contribution in [0, 0.1) is 11.7 Å². The fourth-order valence-electron chi connectivity index (χ4n) is 2.34. The van der Waals surface area contributed by atoms with Crippen molar-refractivity contribution >= 4 is 12.0 Å². The summed E-state index contributed by atoms with van der Waals surface area (Å²) in [6.45, 7) is 2.36. The van der Waals surface area contributed by atoms with Gasteiger partial charge in [-0.1, -0.05) is 0 Å². The highest BCUT2D eigenvalue weighted by atomic mass is 19.1. The van der Waals surface area contributed by atoms with Gasteiger partial charge in [0.15, 0.2) is 0 Å². The van der Waals surface area contributed by atoms with E-state index in [1.807, 2.05) is 11.9 Å². The molecule has 0 amide bonds. The summed E-state index contributed by atoms with van der Waals surface area (Å²) in [5.74, 6) is 0.104. The van der Waals surface area contributed by atoms with Crippen LogP contribution in [0.25, 0.3) is 0 Å². The molecule has 1 aliphatic rings. The summed E-state index contributed by atoms with van der Waals surface area (Å²) >= 11 is 0. The van der Waals surface area contributed by atoms with E-state index in [1.54, 1.807) is 12.1 Å². The molecule has 1 heterocycles. The van der Waals surface area contributed by atoms with Gasteiger partial charge in [-0.3, -0.25) is 4.79 Å². The van der Waals surface area contributed by atoms with Gasteiger partial charge in [0.2, 0.25) is 0 Å². The van der Waals surface area contributed by atoms with Crippen molar-refractivity contribution in [2.24, 2.45) is 5.92 Å². The Morgan fingerprint density at radius 2 is 2.39 bits per heavy atom. The highest BCUT2D eigenvalue weighted by Crippen LogP contribution is 2.22. The fraction of sp³-hybridized carbons (Fsp3) is 0.500. The van der Waals surface area contributed by atoms with E-state index in [4.69, 9.17) is 4.74 Å². The van der Waals surface area contributed by atoms with Gasteiger partial charge in [0.05, 0.1) is 12.3 Å². The number of carbonyl (C=O) groups is 1. The van der Waals surface area contributed by atoms with Crippen molar-refractivity contribution in [2.75, 3.05) is 31.7 Å². The Balaban J connectivity index is 2.03. The molecule has 2 rings (SSSR count). The van der Waals surface area contributed by atoms with E-state index in [0.717, 1.165) is 32.6 Å². The van der Waals surface area contributed by atoms with Crippen LogP contribution in [-0.2, 0) is 4.74 Å². The number of hydrogen-bond acceptors (Lipinski definition) is 3. The molecule has 0 saturated carbocycles. The van der Waals surface area contributed by atoms with Crippen LogP contribution in [0.2, 0.25) is 0 Å². The van der Waals surface area contributed by atoms with E-state index in [9.17, 15) is 9.18 Å². The minimum absolute atomic E-state index is 0.348. The van der Waals surface area contributed by atoms with Crippen molar-refractivity contribution in [2.45, 2.75) is 12.8 Å². The minimum Gasteiger partial charge on any atom is -0.381 e. The average Bonchev–Trinajstić information content (AvgIpc) is 2.39. The number of hydrogen-bond donors (Lipinski definition) is 0. The van der Waals surface area contributed by atoms with Crippen LogP contribution in [0.15, 0.2) is 18.2 Å². The van der Waals surface area contributed by atoms with Gasteiger partial charge in [-0.05, 0) is 37.0 Å². The van der Waals surface area contributed by atoms with Gasteiger partial charge in [-0.25, -0.2) is 4.39 Å². The highest BCUT2D eigenvalue weighted by Gasteiger charge is 2.17. The molecule has 1 atom stereocenters. The Morgan fingerprint density at radius 3 is 3.00 bits per heavy atom. The Labute approximate surface area is 107 Å². The highest BCUT2D eigenvalue weighted by molar-refractivity contribution is 5.75. The lowest BCUT2D eigenvalue weighted by Gasteiger charge is -2.28. The summed E-state index contributed by atoms with van der Waals surface area (Å²) < 4.78 is 19.2. The quantitative estimate of drug-likeness (QED) is 0.770. The topological polar surface area (TPSA) is 29.5 Å². The third kappa shape index (κ3) is 3.07. The summed E-state index contributed by atoms with van der Waals surface area (Å²) in [6.07, 6.45) is 2.85. The second-order valence-corrected chi connectivity index (χ2v) is 4.79. The van der Waals surface area contributed by atoms with Gasteiger partial charge < -0.3 is 9.64 Å². The van der Waals surface area contributed by atoms with Crippen molar-refractivity contribution < 1.29 is 13.9 Å². The second kappa shape index (κ2) is 5.96.